The summed E-state index contributed by atoms with van der Waals surface area (Å²) in [6, 6.07) is 7.99. The SMILES string of the molecule is O=C(NCC1(O)CCCCC1)C1CCNc2ccccc21. The van der Waals surface area contributed by atoms with Crippen molar-refractivity contribution in [2.45, 2.75) is 50.0 Å². The smallest absolute Gasteiger partial charge is 0.227 e. The number of fused-ring (bicyclic) bond motifs is 1. The zero-order valence-corrected chi connectivity index (χ0v) is 12.4. The molecule has 3 N–H and O–H groups in total. The minimum atomic E-state index is -0.694. The molecule has 0 bridgehead atoms. The van der Waals surface area contributed by atoms with Crippen molar-refractivity contribution in [3.8, 4) is 0 Å². The van der Waals surface area contributed by atoms with Gasteiger partial charge in [-0.15, -0.1) is 0 Å². The number of carbonyl (C=O) groups excluding carboxylic acids is 1. The summed E-state index contributed by atoms with van der Waals surface area (Å²) >= 11 is 0. The molecular formula is C17H24N2O2. The van der Waals surface area contributed by atoms with Crippen molar-refractivity contribution in [3.05, 3.63) is 29.8 Å². The van der Waals surface area contributed by atoms with Gasteiger partial charge in [0.1, 0.15) is 0 Å². The highest BCUT2D eigenvalue weighted by atomic mass is 16.3. The van der Waals surface area contributed by atoms with Gasteiger partial charge in [0.2, 0.25) is 5.91 Å². The molecule has 114 valence electrons. The fourth-order valence-corrected chi connectivity index (χ4v) is 3.50. The van der Waals surface area contributed by atoms with Crippen LogP contribution >= 0.6 is 0 Å². The summed E-state index contributed by atoms with van der Waals surface area (Å²) < 4.78 is 0. The van der Waals surface area contributed by atoms with Crippen LogP contribution in [0, 0.1) is 0 Å². The molecule has 1 aromatic carbocycles. The highest BCUT2D eigenvalue weighted by molar-refractivity contribution is 5.86. The molecule has 1 aliphatic carbocycles. The van der Waals surface area contributed by atoms with Crippen molar-refractivity contribution in [1.82, 2.24) is 5.32 Å². The Morgan fingerprint density at radius 2 is 2.05 bits per heavy atom. The summed E-state index contributed by atoms with van der Waals surface area (Å²) in [6.07, 6.45) is 5.72. The number of benzene rings is 1. The van der Waals surface area contributed by atoms with E-state index in [0.29, 0.717) is 6.54 Å². The Bertz CT molecular complexity index is 509. The minimum absolute atomic E-state index is 0.0444. The number of hydrogen-bond acceptors (Lipinski definition) is 3. The molecule has 0 spiro atoms. The highest BCUT2D eigenvalue weighted by Gasteiger charge is 2.32. The molecule has 1 aliphatic heterocycles. The van der Waals surface area contributed by atoms with E-state index in [1.54, 1.807) is 0 Å². The lowest BCUT2D eigenvalue weighted by Crippen LogP contribution is -2.46. The van der Waals surface area contributed by atoms with E-state index in [4.69, 9.17) is 0 Å². The molecule has 0 aromatic heterocycles. The molecule has 1 unspecified atom stereocenters. The number of anilines is 1. The Hall–Kier alpha value is -1.55. The van der Waals surface area contributed by atoms with Crippen molar-refractivity contribution in [2.24, 2.45) is 0 Å². The Balaban J connectivity index is 1.64. The van der Waals surface area contributed by atoms with Gasteiger partial charge in [-0.2, -0.15) is 0 Å². The van der Waals surface area contributed by atoms with E-state index in [2.05, 4.69) is 10.6 Å². The maximum atomic E-state index is 12.5. The van der Waals surface area contributed by atoms with Gasteiger partial charge in [-0.25, -0.2) is 0 Å². The van der Waals surface area contributed by atoms with Crippen molar-refractivity contribution in [3.63, 3.8) is 0 Å². The Kier molecular flexibility index (Phi) is 4.15. The molecule has 1 amide bonds. The topological polar surface area (TPSA) is 61.4 Å². The van der Waals surface area contributed by atoms with Gasteiger partial charge in [-0.3, -0.25) is 4.79 Å². The maximum absolute atomic E-state index is 12.5. The Labute approximate surface area is 125 Å². The third-order valence-electron chi connectivity index (χ3n) is 4.78. The van der Waals surface area contributed by atoms with E-state index in [1.807, 2.05) is 24.3 Å². The largest absolute Gasteiger partial charge is 0.388 e. The Morgan fingerprint density at radius 1 is 1.29 bits per heavy atom. The molecule has 21 heavy (non-hydrogen) atoms. The van der Waals surface area contributed by atoms with Gasteiger partial charge < -0.3 is 15.7 Å². The lowest BCUT2D eigenvalue weighted by atomic mass is 9.84. The normalized spacial score (nSPS) is 23.8. The first-order valence-corrected chi connectivity index (χ1v) is 8.01. The second-order valence-corrected chi connectivity index (χ2v) is 6.36. The molecule has 1 atom stereocenters. The minimum Gasteiger partial charge on any atom is -0.388 e. The van der Waals surface area contributed by atoms with Gasteiger partial charge in [0.05, 0.1) is 11.5 Å². The standard InChI is InChI=1S/C17H24N2O2/c20-16(19-12-17(21)9-4-1-5-10-17)14-8-11-18-15-7-3-2-6-13(14)15/h2-3,6-7,14,18,21H,1,4-5,8-12H2,(H,19,20). The number of nitrogens with one attached hydrogen (secondary N) is 2. The summed E-state index contributed by atoms with van der Waals surface area (Å²) in [7, 11) is 0. The lowest BCUT2D eigenvalue weighted by Gasteiger charge is -2.33. The van der Waals surface area contributed by atoms with Crippen molar-refractivity contribution >= 4 is 11.6 Å². The van der Waals surface area contributed by atoms with E-state index in [1.165, 1.54) is 6.42 Å². The first-order valence-electron chi connectivity index (χ1n) is 8.01. The fourth-order valence-electron chi connectivity index (χ4n) is 3.50. The molecular weight excluding hydrogens is 264 g/mol. The monoisotopic (exact) mass is 288 g/mol. The molecule has 1 fully saturated rings. The van der Waals surface area contributed by atoms with Crippen LogP contribution in [0.3, 0.4) is 0 Å². The van der Waals surface area contributed by atoms with Crippen LogP contribution < -0.4 is 10.6 Å². The van der Waals surface area contributed by atoms with Crippen LogP contribution in [0.5, 0.6) is 0 Å². The van der Waals surface area contributed by atoms with E-state index in [0.717, 1.165) is 49.9 Å². The van der Waals surface area contributed by atoms with Gasteiger partial charge in [0.15, 0.2) is 0 Å². The predicted octanol–water partition coefficient (Wildman–Crippen LogP) is 2.40. The molecule has 4 nitrogen and oxygen atoms in total. The third-order valence-corrected chi connectivity index (χ3v) is 4.78. The highest BCUT2D eigenvalue weighted by Crippen LogP contribution is 2.32. The van der Waals surface area contributed by atoms with Crippen LogP contribution in [0.1, 0.15) is 50.0 Å². The summed E-state index contributed by atoms with van der Waals surface area (Å²) in [4.78, 5) is 12.5. The van der Waals surface area contributed by atoms with E-state index < -0.39 is 5.60 Å². The zero-order valence-electron chi connectivity index (χ0n) is 12.4. The van der Waals surface area contributed by atoms with Crippen LogP contribution in [0.15, 0.2) is 24.3 Å². The molecule has 0 saturated heterocycles. The molecule has 1 saturated carbocycles. The van der Waals surface area contributed by atoms with Crippen molar-refractivity contribution < 1.29 is 9.90 Å². The number of aliphatic hydroxyl groups is 1. The predicted molar refractivity (Wildman–Crippen MR) is 83.3 cm³/mol. The number of para-hydroxylation sites is 1. The molecule has 0 radical (unpaired) electrons. The van der Waals surface area contributed by atoms with Crippen molar-refractivity contribution in [2.75, 3.05) is 18.4 Å². The van der Waals surface area contributed by atoms with Crippen LogP contribution in [0.4, 0.5) is 5.69 Å². The van der Waals surface area contributed by atoms with Crippen molar-refractivity contribution in [1.29, 1.82) is 0 Å². The lowest BCUT2D eigenvalue weighted by molar-refractivity contribution is -0.124. The summed E-state index contributed by atoms with van der Waals surface area (Å²) in [6.45, 7) is 1.21. The second-order valence-electron chi connectivity index (χ2n) is 6.36. The van der Waals surface area contributed by atoms with E-state index in [9.17, 15) is 9.90 Å². The molecule has 2 aliphatic rings. The van der Waals surface area contributed by atoms with Gasteiger partial charge in [0, 0.05) is 18.8 Å². The van der Waals surface area contributed by atoms with Crippen LogP contribution in [0.2, 0.25) is 0 Å². The number of rotatable bonds is 3. The van der Waals surface area contributed by atoms with E-state index in [-0.39, 0.29) is 11.8 Å². The number of carbonyl (C=O) groups is 1. The van der Waals surface area contributed by atoms with Gasteiger partial charge >= 0.3 is 0 Å². The number of hydrogen-bond donors (Lipinski definition) is 3. The average molecular weight is 288 g/mol. The summed E-state index contributed by atoms with van der Waals surface area (Å²) in [5, 5.41) is 16.8. The van der Waals surface area contributed by atoms with Gasteiger partial charge in [-0.05, 0) is 30.9 Å². The van der Waals surface area contributed by atoms with Gasteiger partial charge in [0.25, 0.3) is 0 Å². The molecule has 4 heteroatoms. The van der Waals surface area contributed by atoms with Crippen LogP contribution in [-0.2, 0) is 4.79 Å². The quantitative estimate of drug-likeness (QED) is 0.800. The first kappa shape index (κ1) is 14.4. The summed E-state index contributed by atoms with van der Waals surface area (Å²) in [5.74, 6) is -0.0578. The second kappa shape index (κ2) is 6.06. The Morgan fingerprint density at radius 3 is 2.86 bits per heavy atom. The average Bonchev–Trinajstić information content (AvgIpc) is 2.53. The van der Waals surface area contributed by atoms with Crippen LogP contribution in [0.25, 0.3) is 0 Å². The number of amides is 1. The molecule has 3 rings (SSSR count). The molecule has 1 heterocycles. The van der Waals surface area contributed by atoms with Crippen LogP contribution in [-0.4, -0.2) is 29.7 Å². The fraction of sp³-hybridized carbons (Fsp3) is 0.588. The maximum Gasteiger partial charge on any atom is 0.227 e. The van der Waals surface area contributed by atoms with E-state index >= 15 is 0 Å². The molecule has 1 aromatic rings. The zero-order chi connectivity index (χ0) is 14.7. The van der Waals surface area contributed by atoms with Gasteiger partial charge in [-0.1, -0.05) is 37.5 Å². The first-order chi connectivity index (χ1) is 10.2. The summed E-state index contributed by atoms with van der Waals surface area (Å²) in [5.41, 5.74) is 1.43. The third kappa shape index (κ3) is 3.21.